The average Bonchev–Trinajstić information content (AvgIpc) is 2.48. The van der Waals surface area contributed by atoms with Crippen LogP contribution in [0.3, 0.4) is 0 Å². The van der Waals surface area contributed by atoms with E-state index >= 15 is 0 Å². The molecule has 2 saturated carbocycles. The van der Waals surface area contributed by atoms with E-state index in [1.165, 1.54) is 12.8 Å². The Balaban J connectivity index is 1.70. The number of amides is 1. The topological polar surface area (TPSA) is 58.6 Å². The van der Waals surface area contributed by atoms with Gasteiger partial charge in [0.15, 0.2) is 0 Å². The molecule has 0 aromatic carbocycles. The second-order valence-corrected chi connectivity index (χ2v) is 7.08. The van der Waals surface area contributed by atoms with Crippen LogP contribution >= 0.6 is 0 Å². The molecule has 2 fully saturated rings. The van der Waals surface area contributed by atoms with Gasteiger partial charge in [0.25, 0.3) is 0 Å². The highest BCUT2D eigenvalue weighted by molar-refractivity contribution is 5.80. The third kappa shape index (κ3) is 5.26. The summed E-state index contributed by atoms with van der Waals surface area (Å²) in [5.41, 5.74) is 0. The maximum atomic E-state index is 12.2. The van der Waals surface area contributed by atoms with Crippen molar-refractivity contribution in [1.82, 2.24) is 5.32 Å². The van der Waals surface area contributed by atoms with Gasteiger partial charge in [-0.15, -0.1) is 0 Å². The molecule has 0 heterocycles. The zero-order valence-corrected chi connectivity index (χ0v) is 13.5. The molecule has 2 aliphatic rings. The van der Waals surface area contributed by atoms with E-state index < -0.39 is 0 Å². The summed E-state index contributed by atoms with van der Waals surface area (Å²) >= 11 is 0. The molecule has 4 heteroatoms. The van der Waals surface area contributed by atoms with E-state index in [0.29, 0.717) is 11.8 Å². The summed E-state index contributed by atoms with van der Waals surface area (Å²) < 4.78 is 5.96. The van der Waals surface area contributed by atoms with E-state index in [-0.39, 0.29) is 30.8 Å². The number of carbonyl (C=O) groups is 1. The monoisotopic (exact) mass is 297 g/mol. The number of nitrogens with one attached hydrogen (secondary N) is 1. The van der Waals surface area contributed by atoms with E-state index in [0.717, 1.165) is 38.5 Å². The van der Waals surface area contributed by atoms with E-state index in [2.05, 4.69) is 12.2 Å². The predicted molar refractivity (Wildman–Crippen MR) is 82.9 cm³/mol. The second-order valence-electron chi connectivity index (χ2n) is 7.08. The van der Waals surface area contributed by atoms with Gasteiger partial charge in [-0.1, -0.05) is 19.8 Å². The fourth-order valence-corrected chi connectivity index (χ4v) is 3.66. The SMILES string of the molecule is CC1CCCC(OC(C)C(=O)NC2CCC(CO)CC2)C1. The number of hydrogen-bond donors (Lipinski definition) is 2. The summed E-state index contributed by atoms with van der Waals surface area (Å²) in [6, 6.07) is 0.261. The van der Waals surface area contributed by atoms with Gasteiger partial charge in [-0.05, 0) is 57.3 Å². The molecule has 0 spiro atoms. The molecule has 4 nitrogen and oxygen atoms in total. The van der Waals surface area contributed by atoms with Gasteiger partial charge in [0, 0.05) is 12.6 Å². The largest absolute Gasteiger partial charge is 0.396 e. The zero-order chi connectivity index (χ0) is 15.2. The van der Waals surface area contributed by atoms with Crippen LogP contribution in [0.2, 0.25) is 0 Å². The molecule has 2 rings (SSSR count). The van der Waals surface area contributed by atoms with Crippen LogP contribution < -0.4 is 5.32 Å². The van der Waals surface area contributed by atoms with E-state index in [1.807, 2.05) is 6.92 Å². The number of hydrogen-bond acceptors (Lipinski definition) is 3. The fraction of sp³-hybridized carbons (Fsp3) is 0.941. The Morgan fingerprint density at radius 3 is 2.57 bits per heavy atom. The molecule has 0 aromatic rings. The molecule has 0 aromatic heterocycles. The van der Waals surface area contributed by atoms with E-state index in [9.17, 15) is 4.79 Å². The van der Waals surface area contributed by atoms with Crippen LogP contribution in [-0.4, -0.2) is 35.9 Å². The third-order valence-electron chi connectivity index (χ3n) is 5.11. The summed E-state index contributed by atoms with van der Waals surface area (Å²) in [5.74, 6) is 1.17. The van der Waals surface area contributed by atoms with E-state index in [4.69, 9.17) is 9.84 Å². The highest BCUT2D eigenvalue weighted by Crippen LogP contribution is 2.27. The molecule has 1 amide bonds. The van der Waals surface area contributed by atoms with Gasteiger partial charge in [0.2, 0.25) is 5.91 Å². The molecule has 2 N–H and O–H groups in total. The van der Waals surface area contributed by atoms with Crippen molar-refractivity contribution in [3.05, 3.63) is 0 Å². The summed E-state index contributed by atoms with van der Waals surface area (Å²) in [6.07, 6.45) is 8.54. The van der Waals surface area contributed by atoms with Crippen molar-refractivity contribution < 1.29 is 14.6 Å². The summed E-state index contributed by atoms with van der Waals surface area (Å²) in [6.45, 7) is 4.41. The molecule has 2 aliphatic carbocycles. The van der Waals surface area contributed by atoms with Crippen molar-refractivity contribution in [2.24, 2.45) is 11.8 Å². The number of aliphatic hydroxyl groups excluding tert-OH is 1. The Bertz CT molecular complexity index is 326. The fourth-order valence-electron chi connectivity index (χ4n) is 3.66. The van der Waals surface area contributed by atoms with Gasteiger partial charge in [-0.2, -0.15) is 0 Å². The second kappa shape index (κ2) is 8.14. The van der Waals surface area contributed by atoms with Crippen molar-refractivity contribution >= 4 is 5.91 Å². The summed E-state index contributed by atoms with van der Waals surface area (Å²) in [4.78, 5) is 12.2. The van der Waals surface area contributed by atoms with Gasteiger partial charge in [-0.25, -0.2) is 0 Å². The Morgan fingerprint density at radius 2 is 1.95 bits per heavy atom. The van der Waals surface area contributed by atoms with Crippen LogP contribution in [0.4, 0.5) is 0 Å². The smallest absolute Gasteiger partial charge is 0.249 e. The Morgan fingerprint density at radius 1 is 1.24 bits per heavy atom. The number of ether oxygens (including phenoxy) is 1. The minimum Gasteiger partial charge on any atom is -0.396 e. The molecule has 0 aliphatic heterocycles. The normalized spacial score (nSPS) is 35.2. The van der Waals surface area contributed by atoms with Crippen LogP contribution in [0.25, 0.3) is 0 Å². The first-order valence-electron chi connectivity index (χ1n) is 8.65. The Kier molecular flexibility index (Phi) is 6.49. The quantitative estimate of drug-likeness (QED) is 0.820. The molecule has 3 atom stereocenters. The van der Waals surface area contributed by atoms with Crippen molar-refractivity contribution in [3.63, 3.8) is 0 Å². The van der Waals surface area contributed by atoms with Crippen molar-refractivity contribution in [2.45, 2.75) is 83.5 Å². The number of rotatable bonds is 5. The number of aliphatic hydroxyl groups is 1. The van der Waals surface area contributed by atoms with Gasteiger partial charge < -0.3 is 15.2 Å². The molecular weight excluding hydrogens is 266 g/mol. The first-order valence-corrected chi connectivity index (χ1v) is 8.65. The van der Waals surface area contributed by atoms with Gasteiger partial charge >= 0.3 is 0 Å². The Hall–Kier alpha value is -0.610. The highest BCUT2D eigenvalue weighted by atomic mass is 16.5. The minimum absolute atomic E-state index is 0.0284. The predicted octanol–water partition coefficient (Wildman–Crippen LogP) is 2.64. The van der Waals surface area contributed by atoms with Crippen LogP contribution in [0.15, 0.2) is 0 Å². The van der Waals surface area contributed by atoms with Crippen LogP contribution in [0, 0.1) is 11.8 Å². The molecule has 0 bridgehead atoms. The van der Waals surface area contributed by atoms with Crippen LogP contribution in [0.5, 0.6) is 0 Å². The minimum atomic E-state index is -0.351. The van der Waals surface area contributed by atoms with Crippen LogP contribution in [0.1, 0.15) is 65.2 Å². The molecular formula is C17H31NO3. The lowest BCUT2D eigenvalue weighted by molar-refractivity contribution is -0.138. The van der Waals surface area contributed by atoms with Crippen LogP contribution in [-0.2, 0) is 9.53 Å². The van der Waals surface area contributed by atoms with E-state index in [1.54, 1.807) is 0 Å². The standard InChI is InChI=1S/C17H31NO3/c1-12-4-3-5-16(10-12)21-13(2)17(20)18-15-8-6-14(11-19)7-9-15/h12-16,19H,3-11H2,1-2H3,(H,18,20). The molecule has 0 radical (unpaired) electrons. The average molecular weight is 297 g/mol. The molecule has 21 heavy (non-hydrogen) atoms. The summed E-state index contributed by atoms with van der Waals surface area (Å²) in [5, 5.41) is 12.3. The van der Waals surface area contributed by atoms with Crippen molar-refractivity contribution in [2.75, 3.05) is 6.61 Å². The van der Waals surface area contributed by atoms with Gasteiger partial charge in [0.05, 0.1) is 6.10 Å². The lowest BCUT2D eigenvalue weighted by Gasteiger charge is -2.31. The first-order chi connectivity index (χ1) is 10.1. The zero-order valence-electron chi connectivity index (χ0n) is 13.5. The summed E-state index contributed by atoms with van der Waals surface area (Å²) in [7, 11) is 0. The number of carbonyl (C=O) groups excluding carboxylic acids is 1. The first kappa shape index (κ1) is 16.8. The Labute approximate surface area is 128 Å². The molecule has 0 saturated heterocycles. The van der Waals surface area contributed by atoms with Gasteiger partial charge in [-0.3, -0.25) is 4.79 Å². The molecule has 122 valence electrons. The third-order valence-corrected chi connectivity index (χ3v) is 5.11. The lowest BCUT2D eigenvalue weighted by Crippen LogP contribution is -2.44. The lowest BCUT2D eigenvalue weighted by atomic mass is 9.86. The van der Waals surface area contributed by atoms with Crippen molar-refractivity contribution in [3.8, 4) is 0 Å². The van der Waals surface area contributed by atoms with Gasteiger partial charge in [0.1, 0.15) is 6.10 Å². The molecule has 3 unspecified atom stereocenters. The maximum Gasteiger partial charge on any atom is 0.249 e. The highest BCUT2D eigenvalue weighted by Gasteiger charge is 2.27. The van der Waals surface area contributed by atoms with Crippen molar-refractivity contribution in [1.29, 1.82) is 0 Å². The maximum absolute atomic E-state index is 12.2.